The van der Waals surface area contributed by atoms with E-state index in [1.165, 1.54) is 5.56 Å². The van der Waals surface area contributed by atoms with E-state index in [1.807, 2.05) is 19.2 Å². The Bertz CT molecular complexity index is 322. The van der Waals surface area contributed by atoms with E-state index in [0.29, 0.717) is 17.9 Å². The lowest BCUT2D eigenvalue weighted by Crippen LogP contribution is -2.35. The third kappa shape index (κ3) is 2.76. The Morgan fingerprint density at radius 1 is 1.12 bits per heavy atom. The molecule has 0 radical (unpaired) electrons. The molecule has 0 aromatic heterocycles. The fraction of sp³-hybridized carbons (Fsp3) is 0.571. The second-order valence-electron chi connectivity index (χ2n) is 4.59. The predicted octanol–water partition coefficient (Wildman–Crippen LogP) is 3.04. The zero-order valence-corrected chi connectivity index (χ0v) is 10.9. The van der Waals surface area contributed by atoms with E-state index in [9.17, 15) is 0 Å². The summed E-state index contributed by atoms with van der Waals surface area (Å²) in [6.07, 6.45) is 0. The van der Waals surface area contributed by atoms with Gasteiger partial charge in [0.1, 0.15) is 5.75 Å². The highest BCUT2D eigenvalue weighted by Crippen LogP contribution is 2.30. The number of para-hydroxylation sites is 1. The van der Waals surface area contributed by atoms with Crippen molar-refractivity contribution in [2.75, 3.05) is 14.2 Å². The summed E-state index contributed by atoms with van der Waals surface area (Å²) in [6.45, 7) is 6.74. The van der Waals surface area contributed by atoms with Crippen molar-refractivity contribution in [3.8, 4) is 5.75 Å². The maximum absolute atomic E-state index is 5.41. The fourth-order valence-electron chi connectivity index (χ4n) is 2.40. The molecular formula is C14H23NO. The van der Waals surface area contributed by atoms with E-state index < -0.39 is 0 Å². The Balaban J connectivity index is 2.98. The highest BCUT2D eigenvalue weighted by atomic mass is 16.5. The van der Waals surface area contributed by atoms with Gasteiger partial charge in [-0.05, 0) is 24.6 Å². The minimum Gasteiger partial charge on any atom is -0.496 e. The van der Waals surface area contributed by atoms with E-state index in [0.717, 1.165) is 5.75 Å². The Morgan fingerprint density at radius 2 is 1.75 bits per heavy atom. The molecule has 0 aliphatic rings. The first-order valence-electron chi connectivity index (χ1n) is 5.92. The van der Waals surface area contributed by atoms with E-state index in [-0.39, 0.29) is 0 Å². The van der Waals surface area contributed by atoms with Gasteiger partial charge in [-0.2, -0.15) is 0 Å². The van der Waals surface area contributed by atoms with Crippen LogP contribution in [0.4, 0.5) is 0 Å². The van der Waals surface area contributed by atoms with E-state index in [1.54, 1.807) is 7.11 Å². The maximum atomic E-state index is 5.41. The van der Waals surface area contributed by atoms with Crippen molar-refractivity contribution in [1.82, 2.24) is 5.32 Å². The Kier molecular flexibility index (Phi) is 4.81. The largest absolute Gasteiger partial charge is 0.496 e. The zero-order chi connectivity index (χ0) is 12.1. The van der Waals surface area contributed by atoms with Crippen LogP contribution < -0.4 is 10.1 Å². The molecule has 0 saturated heterocycles. The second kappa shape index (κ2) is 5.90. The second-order valence-corrected chi connectivity index (χ2v) is 4.59. The molecule has 0 aliphatic heterocycles. The van der Waals surface area contributed by atoms with Crippen LogP contribution in [0.1, 0.15) is 32.3 Å². The van der Waals surface area contributed by atoms with Gasteiger partial charge in [-0.3, -0.25) is 0 Å². The van der Waals surface area contributed by atoms with E-state index >= 15 is 0 Å². The van der Waals surface area contributed by atoms with Gasteiger partial charge in [-0.15, -0.1) is 0 Å². The molecule has 2 atom stereocenters. The smallest absolute Gasteiger partial charge is 0.122 e. The molecule has 1 rings (SSSR count). The fourth-order valence-corrected chi connectivity index (χ4v) is 2.40. The molecule has 1 aromatic rings. The third-order valence-electron chi connectivity index (χ3n) is 3.22. The quantitative estimate of drug-likeness (QED) is 0.825. The van der Waals surface area contributed by atoms with Gasteiger partial charge in [0.15, 0.2) is 0 Å². The molecule has 0 bridgehead atoms. The van der Waals surface area contributed by atoms with Gasteiger partial charge in [-0.25, -0.2) is 0 Å². The summed E-state index contributed by atoms with van der Waals surface area (Å²) >= 11 is 0. The van der Waals surface area contributed by atoms with Gasteiger partial charge in [-0.1, -0.05) is 39.0 Å². The summed E-state index contributed by atoms with van der Waals surface area (Å²) in [5.74, 6) is 2.03. The Morgan fingerprint density at radius 3 is 2.25 bits per heavy atom. The molecule has 1 aromatic carbocycles. The first-order valence-corrected chi connectivity index (χ1v) is 5.92. The number of ether oxygens (including phenoxy) is 1. The van der Waals surface area contributed by atoms with Crippen LogP contribution in [0.25, 0.3) is 0 Å². The van der Waals surface area contributed by atoms with Crippen molar-refractivity contribution in [2.24, 2.45) is 5.92 Å². The zero-order valence-electron chi connectivity index (χ0n) is 10.9. The molecule has 1 N–H and O–H groups in total. The highest BCUT2D eigenvalue weighted by molar-refractivity contribution is 5.36. The summed E-state index contributed by atoms with van der Waals surface area (Å²) < 4.78 is 5.41. The summed E-state index contributed by atoms with van der Waals surface area (Å²) in [5, 5.41) is 3.40. The average molecular weight is 221 g/mol. The first kappa shape index (κ1) is 13.0. The normalized spacial score (nSPS) is 14.9. The maximum Gasteiger partial charge on any atom is 0.122 e. The molecular weight excluding hydrogens is 198 g/mol. The van der Waals surface area contributed by atoms with E-state index in [2.05, 4.69) is 38.2 Å². The van der Waals surface area contributed by atoms with Crippen LogP contribution in [-0.2, 0) is 0 Å². The number of nitrogens with one attached hydrogen (secondary N) is 1. The molecule has 0 saturated carbocycles. The monoisotopic (exact) mass is 221 g/mol. The van der Waals surface area contributed by atoms with Gasteiger partial charge in [0.05, 0.1) is 7.11 Å². The average Bonchev–Trinajstić information content (AvgIpc) is 2.29. The van der Waals surface area contributed by atoms with Crippen LogP contribution in [0, 0.1) is 5.92 Å². The number of rotatable bonds is 5. The molecule has 0 heterocycles. The van der Waals surface area contributed by atoms with Gasteiger partial charge in [0.25, 0.3) is 0 Å². The number of benzene rings is 1. The summed E-state index contributed by atoms with van der Waals surface area (Å²) in [4.78, 5) is 0. The van der Waals surface area contributed by atoms with Gasteiger partial charge < -0.3 is 10.1 Å². The van der Waals surface area contributed by atoms with Crippen LogP contribution >= 0.6 is 0 Å². The lowest BCUT2D eigenvalue weighted by atomic mass is 9.86. The van der Waals surface area contributed by atoms with Crippen molar-refractivity contribution >= 4 is 0 Å². The molecule has 90 valence electrons. The third-order valence-corrected chi connectivity index (χ3v) is 3.22. The van der Waals surface area contributed by atoms with Crippen LogP contribution in [0.3, 0.4) is 0 Å². The van der Waals surface area contributed by atoms with Crippen molar-refractivity contribution in [1.29, 1.82) is 0 Å². The molecule has 2 unspecified atom stereocenters. The molecule has 0 aliphatic carbocycles. The number of methoxy groups -OCH3 is 1. The summed E-state index contributed by atoms with van der Waals surface area (Å²) in [5.41, 5.74) is 1.28. The molecule has 0 fully saturated rings. The molecule has 2 heteroatoms. The molecule has 0 spiro atoms. The van der Waals surface area contributed by atoms with Gasteiger partial charge in [0.2, 0.25) is 0 Å². The topological polar surface area (TPSA) is 21.3 Å². The molecule has 0 amide bonds. The standard InChI is InChI=1S/C14H23NO/c1-10(2)14(15-4)11(3)12-8-6-7-9-13(12)16-5/h6-11,14-15H,1-5H3. The van der Waals surface area contributed by atoms with Crippen molar-refractivity contribution in [2.45, 2.75) is 32.7 Å². The van der Waals surface area contributed by atoms with Gasteiger partial charge in [0, 0.05) is 12.0 Å². The summed E-state index contributed by atoms with van der Waals surface area (Å²) in [7, 11) is 3.76. The molecule has 2 nitrogen and oxygen atoms in total. The minimum atomic E-state index is 0.446. The molecule has 16 heavy (non-hydrogen) atoms. The Labute approximate surface area is 99.0 Å². The number of hydrogen-bond donors (Lipinski definition) is 1. The SMILES string of the molecule is CNC(C(C)C)C(C)c1ccccc1OC. The lowest BCUT2D eigenvalue weighted by Gasteiger charge is -2.28. The predicted molar refractivity (Wildman–Crippen MR) is 69.1 cm³/mol. The van der Waals surface area contributed by atoms with Crippen LogP contribution in [-0.4, -0.2) is 20.2 Å². The van der Waals surface area contributed by atoms with E-state index in [4.69, 9.17) is 4.74 Å². The van der Waals surface area contributed by atoms with Crippen LogP contribution in [0.5, 0.6) is 5.75 Å². The number of hydrogen-bond acceptors (Lipinski definition) is 2. The lowest BCUT2D eigenvalue weighted by molar-refractivity contribution is 0.358. The van der Waals surface area contributed by atoms with Crippen LogP contribution in [0.15, 0.2) is 24.3 Å². The highest BCUT2D eigenvalue weighted by Gasteiger charge is 2.22. The number of likely N-dealkylation sites (N-methyl/N-ethyl adjacent to an activating group) is 1. The van der Waals surface area contributed by atoms with Gasteiger partial charge >= 0.3 is 0 Å². The first-order chi connectivity index (χ1) is 7.61. The van der Waals surface area contributed by atoms with Crippen molar-refractivity contribution in [3.63, 3.8) is 0 Å². The van der Waals surface area contributed by atoms with Crippen molar-refractivity contribution < 1.29 is 4.74 Å². The minimum absolute atomic E-state index is 0.446. The van der Waals surface area contributed by atoms with Crippen molar-refractivity contribution in [3.05, 3.63) is 29.8 Å². The Hall–Kier alpha value is -1.02. The summed E-state index contributed by atoms with van der Waals surface area (Å²) in [6, 6.07) is 8.73. The van der Waals surface area contributed by atoms with Crippen LogP contribution in [0.2, 0.25) is 0 Å².